The summed E-state index contributed by atoms with van der Waals surface area (Å²) in [4.78, 5) is 21.7. The number of alkyl halides is 3. The SMILES string of the molecule is O=C(C1CC2CNCC2C1)N1N=CCC1c1cc(F)ccc1F.O=C(O)C(F)(F)F. The van der Waals surface area contributed by atoms with Crippen molar-refractivity contribution in [3.63, 3.8) is 0 Å². The number of halogens is 5. The van der Waals surface area contributed by atoms with Crippen molar-refractivity contribution < 1.29 is 36.6 Å². The molecule has 0 bridgehead atoms. The van der Waals surface area contributed by atoms with E-state index in [9.17, 15) is 26.7 Å². The van der Waals surface area contributed by atoms with Crippen LogP contribution in [0.4, 0.5) is 22.0 Å². The zero-order valence-corrected chi connectivity index (χ0v) is 15.7. The highest BCUT2D eigenvalue weighted by molar-refractivity contribution is 5.82. The monoisotopic (exact) mass is 433 g/mol. The van der Waals surface area contributed by atoms with E-state index in [0.29, 0.717) is 18.3 Å². The van der Waals surface area contributed by atoms with Crippen LogP contribution in [0.2, 0.25) is 0 Å². The molecule has 11 heteroatoms. The van der Waals surface area contributed by atoms with Gasteiger partial charge in [0.15, 0.2) is 0 Å². The molecule has 6 nitrogen and oxygen atoms in total. The van der Waals surface area contributed by atoms with Crippen molar-refractivity contribution >= 4 is 18.1 Å². The van der Waals surface area contributed by atoms with Crippen LogP contribution in [0.25, 0.3) is 0 Å². The normalized spacial score (nSPS) is 27.6. The van der Waals surface area contributed by atoms with Gasteiger partial charge < -0.3 is 10.4 Å². The van der Waals surface area contributed by atoms with E-state index in [2.05, 4.69) is 10.4 Å². The van der Waals surface area contributed by atoms with Crippen LogP contribution in [0.15, 0.2) is 23.3 Å². The lowest BCUT2D eigenvalue weighted by atomic mass is 10.00. The number of benzene rings is 1. The molecule has 3 atom stereocenters. The minimum Gasteiger partial charge on any atom is -0.475 e. The highest BCUT2D eigenvalue weighted by Gasteiger charge is 2.43. The minimum atomic E-state index is -5.08. The second-order valence-electron chi connectivity index (χ2n) is 7.55. The first-order valence-electron chi connectivity index (χ1n) is 9.39. The van der Waals surface area contributed by atoms with E-state index in [1.807, 2.05) is 0 Å². The van der Waals surface area contributed by atoms with E-state index in [1.54, 1.807) is 6.21 Å². The van der Waals surface area contributed by atoms with Gasteiger partial charge in [-0.1, -0.05) is 0 Å². The van der Waals surface area contributed by atoms with Crippen molar-refractivity contribution in [3.8, 4) is 0 Å². The predicted molar refractivity (Wildman–Crippen MR) is 95.3 cm³/mol. The van der Waals surface area contributed by atoms with Crippen molar-refractivity contribution in [2.45, 2.75) is 31.5 Å². The van der Waals surface area contributed by atoms with Crippen LogP contribution < -0.4 is 5.32 Å². The van der Waals surface area contributed by atoms with E-state index in [-0.39, 0.29) is 17.4 Å². The Morgan fingerprint density at radius 1 is 1.13 bits per heavy atom. The van der Waals surface area contributed by atoms with Crippen LogP contribution in [0.3, 0.4) is 0 Å². The zero-order chi connectivity index (χ0) is 22.1. The summed E-state index contributed by atoms with van der Waals surface area (Å²) in [5.41, 5.74) is 0.204. The standard InChI is InChI=1S/C17H19F2N3O.C2HF3O2/c18-13-1-2-15(19)14(7-13)16-3-4-21-22(16)17(23)10-5-11-8-20-9-12(11)6-10;3-2(4,5)1(6)7/h1-2,4,7,10-12,16,20H,3,5-6,8-9H2;(H,6,7). The Balaban J connectivity index is 0.000000318. The Morgan fingerprint density at radius 3 is 2.30 bits per heavy atom. The lowest BCUT2D eigenvalue weighted by Gasteiger charge is -2.25. The molecule has 2 aliphatic heterocycles. The number of hydrogen-bond acceptors (Lipinski definition) is 4. The Bertz CT molecular complexity index is 833. The molecule has 3 unspecified atom stereocenters. The number of nitrogens with one attached hydrogen (secondary N) is 1. The summed E-state index contributed by atoms with van der Waals surface area (Å²) in [6.07, 6.45) is -1.32. The Morgan fingerprint density at radius 2 is 1.73 bits per heavy atom. The number of rotatable bonds is 2. The smallest absolute Gasteiger partial charge is 0.475 e. The van der Waals surface area contributed by atoms with Crippen LogP contribution in [-0.2, 0) is 9.59 Å². The number of carboxylic acids is 1. The molecule has 0 aromatic heterocycles. The lowest BCUT2D eigenvalue weighted by Crippen LogP contribution is -2.33. The van der Waals surface area contributed by atoms with Gasteiger partial charge in [0.05, 0.1) is 6.04 Å². The molecule has 3 aliphatic rings. The van der Waals surface area contributed by atoms with Crippen molar-refractivity contribution in [3.05, 3.63) is 35.4 Å². The molecule has 0 radical (unpaired) electrons. The quantitative estimate of drug-likeness (QED) is 0.703. The second kappa shape index (κ2) is 8.66. The molecule has 4 rings (SSSR count). The number of carbonyl (C=O) groups excluding carboxylic acids is 1. The number of amides is 1. The van der Waals surface area contributed by atoms with E-state index in [0.717, 1.165) is 38.1 Å². The molecule has 1 aromatic carbocycles. The largest absolute Gasteiger partial charge is 0.490 e. The summed E-state index contributed by atoms with van der Waals surface area (Å²) in [6, 6.07) is 2.84. The molecule has 1 amide bonds. The second-order valence-corrected chi connectivity index (χ2v) is 7.55. The van der Waals surface area contributed by atoms with Gasteiger partial charge in [0, 0.05) is 24.1 Å². The molecule has 30 heavy (non-hydrogen) atoms. The van der Waals surface area contributed by atoms with E-state index in [4.69, 9.17) is 9.90 Å². The summed E-state index contributed by atoms with van der Waals surface area (Å²) < 4.78 is 59.3. The van der Waals surface area contributed by atoms with Gasteiger partial charge in [-0.15, -0.1) is 0 Å². The third-order valence-electron chi connectivity index (χ3n) is 5.62. The first-order chi connectivity index (χ1) is 14.1. The zero-order valence-electron chi connectivity index (χ0n) is 15.7. The van der Waals surface area contributed by atoms with E-state index >= 15 is 0 Å². The molecule has 2 N–H and O–H groups in total. The van der Waals surface area contributed by atoms with Gasteiger partial charge in [0.25, 0.3) is 0 Å². The van der Waals surface area contributed by atoms with Gasteiger partial charge in [-0.2, -0.15) is 18.3 Å². The van der Waals surface area contributed by atoms with Crippen LogP contribution in [0, 0.1) is 29.4 Å². The molecule has 1 aromatic rings. The first-order valence-corrected chi connectivity index (χ1v) is 9.39. The Kier molecular flexibility index (Phi) is 6.39. The van der Waals surface area contributed by atoms with Crippen molar-refractivity contribution in [2.24, 2.45) is 22.9 Å². The summed E-state index contributed by atoms with van der Waals surface area (Å²) in [5.74, 6) is -2.75. The summed E-state index contributed by atoms with van der Waals surface area (Å²) in [5, 5.41) is 16.0. The van der Waals surface area contributed by atoms with E-state index < -0.39 is 29.8 Å². The molecule has 2 fully saturated rings. The Labute approximate surface area is 168 Å². The lowest BCUT2D eigenvalue weighted by molar-refractivity contribution is -0.192. The maximum absolute atomic E-state index is 14.1. The van der Waals surface area contributed by atoms with Gasteiger partial charge >= 0.3 is 12.1 Å². The number of carbonyl (C=O) groups is 2. The van der Waals surface area contributed by atoms with Crippen LogP contribution in [-0.4, -0.2) is 47.5 Å². The van der Waals surface area contributed by atoms with Gasteiger partial charge in [0.1, 0.15) is 11.6 Å². The summed E-state index contributed by atoms with van der Waals surface area (Å²) in [7, 11) is 0. The number of hydrogen-bond donors (Lipinski definition) is 2. The number of nitrogens with zero attached hydrogens (tertiary/aromatic N) is 2. The molecular weight excluding hydrogens is 413 g/mol. The van der Waals surface area contributed by atoms with Crippen molar-refractivity contribution in [1.29, 1.82) is 0 Å². The highest BCUT2D eigenvalue weighted by Crippen LogP contribution is 2.41. The molecule has 1 saturated carbocycles. The number of hydrazone groups is 1. The third-order valence-corrected chi connectivity index (χ3v) is 5.62. The summed E-state index contributed by atoms with van der Waals surface area (Å²) >= 11 is 0. The van der Waals surface area contributed by atoms with Crippen LogP contribution in [0.5, 0.6) is 0 Å². The maximum atomic E-state index is 14.1. The molecule has 1 saturated heterocycles. The predicted octanol–water partition coefficient (Wildman–Crippen LogP) is 3.10. The average Bonchev–Trinajstić information content (AvgIpc) is 3.38. The van der Waals surface area contributed by atoms with Gasteiger partial charge in [-0.3, -0.25) is 4.79 Å². The molecular formula is C19H20F5N3O3. The fourth-order valence-corrected chi connectivity index (χ4v) is 4.21. The Hall–Kier alpha value is -2.56. The number of fused-ring (bicyclic) bond motifs is 1. The molecule has 0 spiro atoms. The van der Waals surface area contributed by atoms with Crippen molar-refractivity contribution in [2.75, 3.05) is 13.1 Å². The van der Waals surface area contributed by atoms with Gasteiger partial charge in [-0.05, 0) is 56.0 Å². The fourth-order valence-electron chi connectivity index (χ4n) is 4.21. The fraction of sp³-hybridized carbons (Fsp3) is 0.526. The van der Waals surface area contributed by atoms with Crippen molar-refractivity contribution in [1.82, 2.24) is 10.3 Å². The summed E-state index contributed by atoms with van der Waals surface area (Å²) in [6.45, 7) is 1.94. The van der Waals surface area contributed by atoms with E-state index in [1.165, 1.54) is 11.1 Å². The highest BCUT2D eigenvalue weighted by atomic mass is 19.4. The van der Waals surface area contributed by atoms with Crippen LogP contribution >= 0.6 is 0 Å². The van der Waals surface area contributed by atoms with Gasteiger partial charge in [0.2, 0.25) is 5.91 Å². The van der Waals surface area contributed by atoms with Gasteiger partial charge in [-0.25, -0.2) is 18.6 Å². The molecule has 2 heterocycles. The number of carboxylic acid groups (broad SMARTS) is 1. The van der Waals surface area contributed by atoms with Crippen LogP contribution in [0.1, 0.15) is 30.9 Å². The third kappa shape index (κ3) is 4.77. The molecule has 164 valence electrons. The minimum absolute atomic E-state index is 0.0539. The molecule has 1 aliphatic carbocycles. The average molecular weight is 433 g/mol. The first kappa shape index (κ1) is 22.1. The topological polar surface area (TPSA) is 82.0 Å². The number of aliphatic carboxylic acids is 1. The maximum Gasteiger partial charge on any atom is 0.490 e.